The third kappa shape index (κ3) is 4.37. The van der Waals surface area contributed by atoms with E-state index in [4.69, 9.17) is 0 Å². The normalized spacial score (nSPS) is 15.1. The van der Waals surface area contributed by atoms with Gasteiger partial charge in [-0.15, -0.1) is 0 Å². The van der Waals surface area contributed by atoms with Gasteiger partial charge >= 0.3 is 0 Å². The summed E-state index contributed by atoms with van der Waals surface area (Å²) in [6.45, 7) is 0. The Hall–Kier alpha value is -3.55. The van der Waals surface area contributed by atoms with Crippen LogP contribution in [-0.2, 0) is 11.3 Å². The van der Waals surface area contributed by atoms with Crippen LogP contribution in [0.4, 0.5) is 11.4 Å². The van der Waals surface area contributed by atoms with Crippen molar-refractivity contribution in [2.45, 2.75) is 18.9 Å². The SMILES string of the molecule is O=C(NC(c1ccccc1)C1CC1)c1ccccc1N(c1cccc2cccnc12)S(=O)[O-]. The highest BCUT2D eigenvalue weighted by Gasteiger charge is 2.34. The molecule has 1 amide bonds. The van der Waals surface area contributed by atoms with Crippen molar-refractivity contribution in [3.63, 3.8) is 0 Å². The van der Waals surface area contributed by atoms with Gasteiger partial charge in [0.05, 0.1) is 39.8 Å². The number of fused-ring (bicyclic) bond motifs is 1. The summed E-state index contributed by atoms with van der Waals surface area (Å²) in [4.78, 5) is 17.8. The molecule has 1 aliphatic rings. The minimum Gasteiger partial charge on any atom is -0.755 e. The van der Waals surface area contributed by atoms with Crippen LogP contribution in [0.3, 0.4) is 0 Å². The van der Waals surface area contributed by atoms with E-state index in [0.29, 0.717) is 17.1 Å². The second kappa shape index (κ2) is 9.13. The van der Waals surface area contributed by atoms with E-state index in [2.05, 4.69) is 10.3 Å². The molecule has 2 atom stereocenters. The molecule has 1 aliphatic carbocycles. The monoisotopic (exact) mass is 456 g/mol. The lowest BCUT2D eigenvalue weighted by Crippen LogP contribution is -2.32. The van der Waals surface area contributed by atoms with Crippen LogP contribution in [0.5, 0.6) is 0 Å². The van der Waals surface area contributed by atoms with Gasteiger partial charge in [0.15, 0.2) is 0 Å². The molecular formula is C26H22N3O3S-. The number of amides is 1. The average molecular weight is 457 g/mol. The van der Waals surface area contributed by atoms with Gasteiger partial charge in [0.1, 0.15) is 0 Å². The van der Waals surface area contributed by atoms with Crippen LogP contribution in [0, 0.1) is 5.92 Å². The van der Waals surface area contributed by atoms with Crippen LogP contribution in [0.25, 0.3) is 10.9 Å². The predicted octanol–water partition coefficient (Wildman–Crippen LogP) is 5.05. The molecular weight excluding hydrogens is 434 g/mol. The molecule has 1 heterocycles. The summed E-state index contributed by atoms with van der Waals surface area (Å²) in [6, 6.07) is 25.5. The van der Waals surface area contributed by atoms with E-state index in [1.807, 2.05) is 42.5 Å². The number of hydrogen-bond donors (Lipinski definition) is 1. The number of rotatable bonds is 7. The number of nitrogens with one attached hydrogen (secondary N) is 1. The van der Waals surface area contributed by atoms with Gasteiger partial charge in [0, 0.05) is 11.6 Å². The molecule has 6 nitrogen and oxygen atoms in total. The van der Waals surface area contributed by atoms with Gasteiger partial charge in [0.2, 0.25) is 0 Å². The van der Waals surface area contributed by atoms with E-state index in [0.717, 1.165) is 28.1 Å². The lowest BCUT2D eigenvalue weighted by atomic mass is 10.0. The van der Waals surface area contributed by atoms with Crippen LogP contribution in [0.15, 0.2) is 91.1 Å². The number of hydrogen-bond acceptors (Lipinski definition) is 4. The molecule has 0 saturated heterocycles. The van der Waals surface area contributed by atoms with Crippen LogP contribution < -0.4 is 9.62 Å². The zero-order chi connectivity index (χ0) is 22.8. The molecule has 0 spiro atoms. The molecule has 2 unspecified atom stereocenters. The van der Waals surface area contributed by atoms with Crippen molar-refractivity contribution in [1.82, 2.24) is 10.3 Å². The fraction of sp³-hybridized carbons (Fsp3) is 0.154. The Labute approximate surface area is 194 Å². The summed E-state index contributed by atoms with van der Waals surface area (Å²) in [5, 5.41) is 3.96. The molecule has 5 rings (SSSR count). The smallest absolute Gasteiger partial charge is 0.253 e. The maximum absolute atomic E-state index is 13.4. The Morgan fingerprint density at radius 3 is 2.39 bits per heavy atom. The molecule has 166 valence electrons. The predicted molar refractivity (Wildman–Crippen MR) is 129 cm³/mol. The fourth-order valence-corrected chi connectivity index (χ4v) is 4.80. The zero-order valence-electron chi connectivity index (χ0n) is 17.8. The van der Waals surface area contributed by atoms with Crippen molar-refractivity contribution >= 4 is 39.5 Å². The molecule has 1 aromatic heterocycles. The van der Waals surface area contributed by atoms with Gasteiger partial charge in [-0.05, 0) is 48.6 Å². The first-order valence-corrected chi connectivity index (χ1v) is 11.8. The third-order valence-electron chi connectivity index (χ3n) is 5.89. The van der Waals surface area contributed by atoms with Gasteiger partial charge in [-0.25, -0.2) is 0 Å². The first-order valence-electron chi connectivity index (χ1n) is 10.8. The highest BCUT2D eigenvalue weighted by atomic mass is 32.2. The number of carbonyl (C=O) groups excluding carboxylic acids is 1. The van der Waals surface area contributed by atoms with Crippen LogP contribution in [0.2, 0.25) is 0 Å². The average Bonchev–Trinajstić information content (AvgIpc) is 3.69. The summed E-state index contributed by atoms with van der Waals surface area (Å²) in [5.74, 6) is 0.0746. The topological polar surface area (TPSA) is 85.4 Å². The largest absolute Gasteiger partial charge is 0.755 e. The van der Waals surface area contributed by atoms with Gasteiger partial charge in [-0.2, -0.15) is 0 Å². The van der Waals surface area contributed by atoms with Crippen molar-refractivity contribution in [2.24, 2.45) is 5.92 Å². The third-order valence-corrected chi connectivity index (χ3v) is 6.58. The quantitative estimate of drug-likeness (QED) is 0.395. The lowest BCUT2D eigenvalue weighted by molar-refractivity contribution is 0.0932. The Balaban J connectivity index is 1.54. The van der Waals surface area contributed by atoms with Gasteiger partial charge in [0.25, 0.3) is 5.91 Å². The molecule has 1 N–H and O–H groups in total. The maximum atomic E-state index is 13.4. The van der Waals surface area contributed by atoms with E-state index < -0.39 is 11.3 Å². The summed E-state index contributed by atoms with van der Waals surface area (Å²) in [5.41, 5.74) is 2.55. The number of benzene rings is 3. The standard InChI is InChI=1S/C26H23N3O3S/c30-26(28-24(20-15-16-20)18-8-2-1-3-9-18)21-12-4-5-13-22(21)29(33(31)32)23-14-6-10-19-11-7-17-27-25(19)23/h1-14,17,20,24H,15-16H2,(H,28,30)(H,31,32)/p-1. The van der Waals surface area contributed by atoms with E-state index in [1.54, 1.807) is 48.7 Å². The molecule has 0 radical (unpaired) electrons. The van der Waals surface area contributed by atoms with Gasteiger partial charge in [-0.3, -0.25) is 18.3 Å². The van der Waals surface area contributed by atoms with Gasteiger partial charge < -0.3 is 9.87 Å². The van der Waals surface area contributed by atoms with Gasteiger partial charge in [-0.1, -0.05) is 60.7 Å². The summed E-state index contributed by atoms with van der Waals surface area (Å²) >= 11 is -2.67. The molecule has 0 bridgehead atoms. The van der Waals surface area contributed by atoms with E-state index in [9.17, 15) is 13.6 Å². The number of para-hydroxylation sites is 2. The minimum atomic E-state index is -2.67. The second-order valence-electron chi connectivity index (χ2n) is 8.08. The van der Waals surface area contributed by atoms with Crippen molar-refractivity contribution < 1.29 is 13.6 Å². The number of anilines is 2. The Bertz CT molecular complexity index is 1320. The Morgan fingerprint density at radius 1 is 0.939 bits per heavy atom. The first-order chi connectivity index (χ1) is 16.1. The maximum Gasteiger partial charge on any atom is 0.253 e. The minimum absolute atomic E-state index is 0.114. The Morgan fingerprint density at radius 2 is 1.64 bits per heavy atom. The second-order valence-corrected chi connectivity index (χ2v) is 8.88. The Kier molecular flexibility index (Phi) is 5.90. The van der Waals surface area contributed by atoms with E-state index >= 15 is 0 Å². The van der Waals surface area contributed by atoms with Crippen LogP contribution in [-0.4, -0.2) is 19.7 Å². The van der Waals surface area contributed by atoms with Crippen molar-refractivity contribution in [2.75, 3.05) is 4.31 Å². The molecule has 1 saturated carbocycles. The van der Waals surface area contributed by atoms with Crippen LogP contribution >= 0.6 is 0 Å². The zero-order valence-corrected chi connectivity index (χ0v) is 18.6. The summed E-state index contributed by atoms with van der Waals surface area (Å²) in [7, 11) is 0. The van der Waals surface area contributed by atoms with E-state index in [-0.39, 0.29) is 23.2 Å². The summed E-state index contributed by atoms with van der Waals surface area (Å²) in [6.07, 6.45) is 3.73. The number of pyridine rings is 1. The molecule has 4 aromatic rings. The molecule has 33 heavy (non-hydrogen) atoms. The number of carbonyl (C=O) groups is 1. The first kappa shape index (κ1) is 21.3. The molecule has 7 heteroatoms. The summed E-state index contributed by atoms with van der Waals surface area (Å²) < 4.78 is 26.0. The van der Waals surface area contributed by atoms with Crippen molar-refractivity contribution in [3.8, 4) is 0 Å². The molecule has 1 fully saturated rings. The number of aromatic nitrogens is 1. The van der Waals surface area contributed by atoms with Crippen LogP contribution in [0.1, 0.15) is 34.8 Å². The van der Waals surface area contributed by atoms with Crippen molar-refractivity contribution in [3.05, 3.63) is 102 Å². The van der Waals surface area contributed by atoms with E-state index in [1.165, 1.54) is 0 Å². The molecule has 3 aromatic carbocycles. The molecule has 0 aliphatic heterocycles. The highest BCUT2D eigenvalue weighted by molar-refractivity contribution is 7.81. The highest BCUT2D eigenvalue weighted by Crippen LogP contribution is 2.41. The fourth-order valence-electron chi connectivity index (χ4n) is 4.17. The lowest BCUT2D eigenvalue weighted by Gasteiger charge is -2.29. The number of nitrogens with zero attached hydrogens (tertiary/aromatic N) is 2. The van der Waals surface area contributed by atoms with Crippen molar-refractivity contribution in [1.29, 1.82) is 0 Å².